The molecule has 1 amide bonds. The predicted octanol–water partition coefficient (Wildman–Crippen LogP) is 3.46. The summed E-state index contributed by atoms with van der Waals surface area (Å²) in [4.78, 5) is 12.0. The van der Waals surface area contributed by atoms with E-state index in [4.69, 9.17) is 5.73 Å². The molecule has 0 radical (unpaired) electrons. The van der Waals surface area contributed by atoms with Gasteiger partial charge in [0, 0.05) is 16.8 Å². The van der Waals surface area contributed by atoms with Crippen LogP contribution in [0.5, 0.6) is 0 Å². The summed E-state index contributed by atoms with van der Waals surface area (Å²) in [5, 5.41) is 2.95. The maximum atomic E-state index is 12.0. The van der Waals surface area contributed by atoms with Gasteiger partial charge in [-0.05, 0) is 56.2 Å². The van der Waals surface area contributed by atoms with Gasteiger partial charge in [-0.2, -0.15) is 0 Å². The molecule has 0 unspecified atom stereocenters. The largest absolute Gasteiger partial charge is 0.399 e. The zero-order chi connectivity index (χ0) is 14.8. The van der Waals surface area contributed by atoms with Crippen LogP contribution in [0.15, 0.2) is 48.5 Å². The number of hydrogen-bond donors (Lipinski definition) is 2. The third kappa shape index (κ3) is 3.60. The van der Waals surface area contributed by atoms with Crippen molar-refractivity contribution in [2.75, 3.05) is 5.73 Å². The van der Waals surface area contributed by atoms with Crippen LogP contribution in [0.4, 0.5) is 5.69 Å². The SMILES string of the molecule is CC(C)(C)NC(=O)c1ccc(-c2ccc(N)cc2)cc1. The zero-order valence-corrected chi connectivity index (χ0v) is 12.1. The fraction of sp³-hybridized carbons (Fsp3) is 0.235. The summed E-state index contributed by atoms with van der Waals surface area (Å²) in [6, 6.07) is 15.3. The molecule has 3 N–H and O–H groups in total. The van der Waals surface area contributed by atoms with Crippen LogP contribution in [-0.2, 0) is 0 Å². The molecular weight excluding hydrogens is 248 g/mol. The normalized spacial score (nSPS) is 11.2. The van der Waals surface area contributed by atoms with Crippen LogP contribution in [0.1, 0.15) is 31.1 Å². The summed E-state index contributed by atoms with van der Waals surface area (Å²) in [6.45, 7) is 5.90. The van der Waals surface area contributed by atoms with Crippen LogP contribution < -0.4 is 11.1 Å². The molecule has 0 bridgehead atoms. The van der Waals surface area contributed by atoms with Crippen molar-refractivity contribution in [1.82, 2.24) is 5.32 Å². The molecular formula is C17H20N2O. The number of benzene rings is 2. The minimum Gasteiger partial charge on any atom is -0.399 e. The highest BCUT2D eigenvalue weighted by Gasteiger charge is 2.14. The molecule has 3 nitrogen and oxygen atoms in total. The van der Waals surface area contributed by atoms with Gasteiger partial charge in [-0.3, -0.25) is 4.79 Å². The Morgan fingerprint density at radius 3 is 1.80 bits per heavy atom. The van der Waals surface area contributed by atoms with Gasteiger partial charge in [0.15, 0.2) is 0 Å². The molecule has 0 aliphatic heterocycles. The molecule has 0 saturated heterocycles. The number of amides is 1. The van der Waals surface area contributed by atoms with E-state index in [2.05, 4.69) is 5.32 Å². The Balaban J connectivity index is 2.18. The highest BCUT2D eigenvalue weighted by molar-refractivity contribution is 5.95. The Morgan fingerprint density at radius 1 is 0.900 bits per heavy atom. The molecule has 0 heterocycles. The molecule has 0 fully saturated rings. The molecule has 0 aliphatic carbocycles. The topological polar surface area (TPSA) is 55.1 Å². The highest BCUT2D eigenvalue weighted by Crippen LogP contribution is 2.21. The third-order valence-corrected chi connectivity index (χ3v) is 2.88. The first-order valence-corrected chi connectivity index (χ1v) is 6.64. The summed E-state index contributed by atoms with van der Waals surface area (Å²) in [7, 11) is 0. The molecule has 20 heavy (non-hydrogen) atoms. The van der Waals surface area contributed by atoms with Gasteiger partial charge >= 0.3 is 0 Å². The van der Waals surface area contributed by atoms with Crippen LogP contribution in [0.3, 0.4) is 0 Å². The summed E-state index contributed by atoms with van der Waals surface area (Å²) in [5.74, 6) is -0.0543. The quantitative estimate of drug-likeness (QED) is 0.819. The molecule has 2 aromatic carbocycles. The number of nitrogens with one attached hydrogen (secondary N) is 1. The highest BCUT2D eigenvalue weighted by atomic mass is 16.1. The maximum Gasteiger partial charge on any atom is 0.251 e. The van der Waals surface area contributed by atoms with Crippen molar-refractivity contribution in [3.8, 4) is 11.1 Å². The predicted molar refractivity (Wildman–Crippen MR) is 83.5 cm³/mol. The van der Waals surface area contributed by atoms with Gasteiger partial charge in [-0.15, -0.1) is 0 Å². The van der Waals surface area contributed by atoms with Crippen molar-refractivity contribution in [2.45, 2.75) is 26.3 Å². The number of nitrogens with two attached hydrogens (primary N) is 1. The van der Waals surface area contributed by atoms with E-state index in [9.17, 15) is 4.79 Å². The van der Waals surface area contributed by atoms with Crippen molar-refractivity contribution in [2.24, 2.45) is 0 Å². The lowest BCUT2D eigenvalue weighted by atomic mass is 10.0. The molecule has 0 aromatic heterocycles. The number of hydrogen-bond acceptors (Lipinski definition) is 2. The first kappa shape index (κ1) is 14.1. The molecule has 3 heteroatoms. The average Bonchev–Trinajstić information content (AvgIpc) is 2.38. The van der Waals surface area contributed by atoms with E-state index >= 15 is 0 Å². The van der Waals surface area contributed by atoms with Crippen molar-refractivity contribution < 1.29 is 4.79 Å². The average molecular weight is 268 g/mol. The number of nitrogen functional groups attached to an aromatic ring is 1. The van der Waals surface area contributed by atoms with Crippen molar-refractivity contribution in [3.63, 3.8) is 0 Å². The second-order valence-corrected chi connectivity index (χ2v) is 5.90. The molecule has 2 rings (SSSR count). The Morgan fingerprint density at radius 2 is 1.35 bits per heavy atom. The van der Waals surface area contributed by atoms with Crippen LogP contribution in [-0.4, -0.2) is 11.4 Å². The first-order chi connectivity index (χ1) is 9.35. The van der Waals surface area contributed by atoms with Crippen molar-refractivity contribution in [3.05, 3.63) is 54.1 Å². The van der Waals surface area contributed by atoms with Gasteiger partial charge in [-0.1, -0.05) is 24.3 Å². The van der Waals surface area contributed by atoms with E-state index in [1.54, 1.807) is 0 Å². The van der Waals surface area contributed by atoms with Crippen LogP contribution in [0, 0.1) is 0 Å². The third-order valence-electron chi connectivity index (χ3n) is 2.88. The van der Waals surface area contributed by atoms with Gasteiger partial charge in [-0.25, -0.2) is 0 Å². The van der Waals surface area contributed by atoms with Gasteiger partial charge in [0.2, 0.25) is 0 Å². The van der Waals surface area contributed by atoms with Gasteiger partial charge in [0.25, 0.3) is 5.91 Å². The molecule has 0 atom stereocenters. The van der Waals surface area contributed by atoms with Gasteiger partial charge in [0.05, 0.1) is 0 Å². The molecule has 0 saturated carbocycles. The lowest BCUT2D eigenvalue weighted by molar-refractivity contribution is 0.0919. The second-order valence-electron chi connectivity index (χ2n) is 5.90. The van der Waals surface area contributed by atoms with Crippen molar-refractivity contribution >= 4 is 11.6 Å². The molecule has 104 valence electrons. The van der Waals surface area contributed by atoms with Crippen LogP contribution in [0.25, 0.3) is 11.1 Å². The summed E-state index contributed by atoms with van der Waals surface area (Å²) < 4.78 is 0. The lowest BCUT2D eigenvalue weighted by Crippen LogP contribution is -2.40. The van der Waals surface area contributed by atoms with E-state index < -0.39 is 0 Å². The summed E-state index contributed by atoms with van der Waals surface area (Å²) in [6.07, 6.45) is 0. The van der Waals surface area contributed by atoms with E-state index in [1.807, 2.05) is 69.3 Å². The Labute approximate surface area is 119 Å². The minimum absolute atomic E-state index is 0.0543. The molecule has 0 spiro atoms. The number of anilines is 1. The van der Waals surface area contributed by atoms with E-state index in [0.29, 0.717) is 5.56 Å². The fourth-order valence-corrected chi connectivity index (χ4v) is 1.90. The van der Waals surface area contributed by atoms with Crippen molar-refractivity contribution in [1.29, 1.82) is 0 Å². The smallest absolute Gasteiger partial charge is 0.251 e. The summed E-state index contributed by atoms with van der Waals surface area (Å²) in [5.41, 5.74) is 9.01. The number of carbonyl (C=O) groups is 1. The Hall–Kier alpha value is -2.29. The molecule has 2 aromatic rings. The number of carbonyl (C=O) groups excluding carboxylic acids is 1. The van der Waals surface area contributed by atoms with Crippen LogP contribution in [0.2, 0.25) is 0 Å². The maximum absolute atomic E-state index is 12.0. The van der Waals surface area contributed by atoms with Gasteiger partial charge in [0.1, 0.15) is 0 Å². The summed E-state index contributed by atoms with van der Waals surface area (Å²) >= 11 is 0. The second kappa shape index (κ2) is 5.37. The molecule has 0 aliphatic rings. The van der Waals surface area contributed by atoms with Gasteiger partial charge < -0.3 is 11.1 Å². The van der Waals surface area contributed by atoms with E-state index in [0.717, 1.165) is 16.8 Å². The monoisotopic (exact) mass is 268 g/mol. The first-order valence-electron chi connectivity index (χ1n) is 6.64. The number of rotatable bonds is 2. The van der Waals surface area contributed by atoms with E-state index in [1.165, 1.54) is 0 Å². The fourth-order valence-electron chi connectivity index (χ4n) is 1.90. The standard InChI is InChI=1S/C17H20N2O/c1-17(2,3)19-16(20)14-6-4-12(5-7-14)13-8-10-15(18)11-9-13/h4-11H,18H2,1-3H3,(H,19,20). The minimum atomic E-state index is -0.229. The zero-order valence-electron chi connectivity index (χ0n) is 12.1. The van der Waals surface area contributed by atoms with E-state index in [-0.39, 0.29) is 11.4 Å². The van der Waals surface area contributed by atoms with Crippen LogP contribution >= 0.6 is 0 Å². The Bertz CT molecular complexity index is 592. The Kier molecular flexibility index (Phi) is 3.79. The lowest BCUT2D eigenvalue weighted by Gasteiger charge is -2.20.